The summed E-state index contributed by atoms with van der Waals surface area (Å²) in [5.74, 6) is 0.579. The molecule has 118 valence electrons. The van der Waals surface area contributed by atoms with E-state index in [4.69, 9.17) is 5.11 Å². The van der Waals surface area contributed by atoms with E-state index in [0.29, 0.717) is 42.8 Å². The Morgan fingerprint density at radius 2 is 2.14 bits per heavy atom. The fourth-order valence-electron chi connectivity index (χ4n) is 2.39. The summed E-state index contributed by atoms with van der Waals surface area (Å²) < 4.78 is 27.7. The monoisotopic (exact) mass is 377 g/mol. The van der Waals surface area contributed by atoms with E-state index in [1.54, 1.807) is 12.3 Å². The van der Waals surface area contributed by atoms with Gasteiger partial charge in [-0.05, 0) is 47.7 Å². The summed E-state index contributed by atoms with van der Waals surface area (Å²) in [6.07, 6.45) is 2.95. The highest BCUT2D eigenvalue weighted by atomic mass is 79.9. The van der Waals surface area contributed by atoms with Crippen molar-refractivity contribution in [2.45, 2.75) is 24.7 Å². The van der Waals surface area contributed by atoms with E-state index in [2.05, 4.69) is 26.2 Å². The number of halogens is 1. The summed E-state index contributed by atoms with van der Waals surface area (Å²) in [5, 5.41) is 12.1. The number of nitrogens with one attached hydrogen (secondary N) is 1. The molecule has 1 saturated heterocycles. The molecule has 6 nitrogen and oxygen atoms in total. The van der Waals surface area contributed by atoms with E-state index in [9.17, 15) is 8.42 Å². The van der Waals surface area contributed by atoms with Crippen LogP contribution >= 0.6 is 15.9 Å². The van der Waals surface area contributed by atoms with Crippen molar-refractivity contribution in [3.05, 3.63) is 16.7 Å². The molecule has 0 radical (unpaired) electrons. The van der Waals surface area contributed by atoms with E-state index >= 15 is 0 Å². The highest BCUT2D eigenvalue weighted by Crippen LogP contribution is 2.29. The Kier molecular flexibility index (Phi) is 5.59. The average Bonchev–Trinajstić information content (AvgIpc) is 2.49. The van der Waals surface area contributed by atoms with Crippen LogP contribution in [0.2, 0.25) is 0 Å². The maximum Gasteiger partial charge on any atom is 0.246 e. The maximum atomic E-state index is 12.8. The Balaban J connectivity index is 2.29. The maximum absolute atomic E-state index is 12.8. The molecule has 0 atom stereocenters. The first-order chi connectivity index (χ1) is 9.98. The number of sulfonamides is 1. The van der Waals surface area contributed by atoms with Crippen molar-refractivity contribution < 1.29 is 13.5 Å². The summed E-state index contributed by atoms with van der Waals surface area (Å²) in [4.78, 5) is 4.35. The van der Waals surface area contributed by atoms with Crippen molar-refractivity contribution in [3.8, 4) is 0 Å². The normalized spacial score (nSPS) is 17.9. The summed E-state index contributed by atoms with van der Waals surface area (Å²) in [6.45, 7) is 3.49. The number of aliphatic hydroxyl groups is 1. The topological polar surface area (TPSA) is 82.5 Å². The van der Waals surface area contributed by atoms with Gasteiger partial charge in [0.2, 0.25) is 10.0 Å². The van der Waals surface area contributed by atoms with Crippen LogP contribution in [0.15, 0.2) is 21.6 Å². The van der Waals surface area contributed by atoms with Gasteiger partial charge < -0.3 is 10.4 Å². The highest BCUT2D eigenvalue weighted by Gasteiger charge is 2.31. The number of hydrogen-bond acceptors (Lipinski definition) is 5. The molecule has 2 rings (SSSR count). The first-order valence-electron chi connectivity index (χ1n) is 6.99. The Hall–Kier alpha value is -0.700. The number of aromatic nitrogens is 1. The van der Waals surface area contributed by atoms with Gasteiger partial charge in [0.15, 0.2) is 0 Å². The first-order valence-corrected chi connectivity index (χ1v) is 9.22. The largest absolute Gasteiger partial charge is 0.396 e. The molecule has 0 amide bonds. The number of anilines is 1. The predicted octanol–water partition coefficient (Wildman–Crippen LogP) is 1.67. The highest BCUT2D eigenvalue weighted by molar-refractivity contribution is 9.10. The molecule has 0 aromatic carbocycles. The van der Waals surface area contributed by atoms with Gasteiger partial charge in [-0.1, -0.05) is 0 Å². The Morgan fingerprint density at radius 1 is 1.48 bits per heavy atom. The predicted molar refractivity (Wildman–Crippen MR) is 84.7 cm³/mol. The molecule has 2 N–H and O–H groups in total. The van der Waals surface area contributed by atoms with Crippen LogP contribution in [-0.4, -0.2) is 49.1 Å². The Morgan fingerprint density at radius 3 is 2.71 bits per heavy atom. The van der Waals surface area contributed by atoms with Crippen molar-refractivity contribution in [3.63, 3.8) is 0 Å². The molecule has 1 fully saturated rings. The third-order valence-electron chi connectivity index (χ3n) is 3.61. The van der Waals surface area contributed by atoms with Crippen LogP contribution in [0.25, 0.3) is 0 Å². The van der Waals surface area contributed by atoms with Crippen LogP contribution in [0.4, 0.5) is 5.82 Å². The molecule has 21 heavy (non-hydrogen) atoms. The minimum atomic E-state index is -3.57. The van der Waals surface area contributed by atoms with E-state index in [0.717, 1.165) is 0 Å². The molecule has 1 aromatic heterocycles. The van der Waals surface area contributed by atoms with E-state index in [1.165, 1.54) is 4.31 Å². The van der Waals surface area contributed by atoms with Gasteiger partial charge in [-0.2, -0.15) is 4.31 Å². The van der Waals surface area contributed by atoms with E-state index in [1.807, 2.05) is 6.92 Å². The van der Waals surface area contributed by atoms with E-state index in [-0.39, 0.29) is 17.4 Å². The lowest BCUT2D eigenvalue weighted by Crippen LogP contribution is -2.39. The molecule has 0 saturated carbocycles. The van der Waals surface area contributed by atoms with Crippen LogP contribution in [0.1, 0.15) is 19.8 Å². The van der Waals surface area contributed by atoms with Gasteiger partial charge in [-0.15, -0.1) is 0 Å². The molecule has 1 aromatic rings. The molecule has 1 aliphatic heterocycles. The molecule has 0 bridgehead atoms. The Labute approximate surface area is 133 Å². The van der Waals surface area contributed by atoms with Gasteiger partial charge in [0.1, 0.15) is 10.7 Å². The molecule has 0 aliphatic carbocycles. The van der Waals surface area contributed by atoms with Crippen LogP contribution in [0.3, 0.4) is 0 Å². The van der Waals surface area contributed by atoms with Crippen LogP contribution < -0.4 is 5.32 Å². The molecule has 2 heterocycles. The number of pyridine rings is 1. The summed E-state index contributed by atoms with van der Waals surface area (Å²) in [5.41, 5.74) is 0. The zero-order chi connectivity index (χ0) is 15.5. The fourth-order valence-corrected chi connectivity index (χ4v) is 4.49. The third kappa shape index (κ3) is 3.74. The Bertz CT molecular complexity index is 586. The van der Waals surface area contributed by atoms with Gasteiger partial charge in [-0.25, -0.2) is 13.4 Å². The molecular formula is C13H20BrN3O3S. The smallest absolute Gasteiger partial charge is 0.246 e. The molecule has 0 spiro atoms. The third-order valence-corrected chi connectivity index (χ3v) is 5.96. The number of aliphatic hydroxyl groups excluding tert-OH is 1. The van der Waals surface area contributed by atoms with Gasteiger partial charge >= 0.3 is 0 Å². The van der Waals surface area contributed by atoms with Crippen molar-refractivity contribution in [2.75, 3.05) is 31.6 Å². The van der Waals surface area contributed by atoms with Crippen molar-refractivity contribution >= 4 is 31.8 Å². The lowest BCUT2D eigenvalue weighted by atomic mass is 10.00. The molecule has 1 aliphatic rings. The van der Waals surface area contributed by atoms with Gasteiger partial charge in [-0.3, -0.25) is 0 Å². The summed E-state index contributed by atoms with van der Waals surface area (Å²) >= 11 is 3.28. The minimum absolute atomic E-state index is 0.120. The van der Waals surface area contributed by atoms with Crippen LogP contribution in [0, 0.1) is 5.92 Å². The van der Waals surface area contributed by atoms with Crippen LogP contribution in [-0.2, 0) is 10.0 Å². The summed E-state index contributed by atoms with van der Waals surface area (Å²) in [7, 11) is -3.57. The zero-order valence-corrected chi connectivity index (χ0v) is 14.3. The minimum Gasteiger partial charge on any atom is -0.396 e. The lowest BCUT2D eigenvalue weighted by molar-refractivity contribution is 0.170. The lowest BCUT2D eigenvalue weighted by Gasteiger charge is -2.30. The van der Waals surface area contributed by atoms with Crippen molar-refractivity contribution in [1.82, 2.24) is 9.29 Å². The molecule has 0 unspecified atom stereocenters. The first kappa shape index (κ1) is 16.7. The van der Waals surface area contributed by atoms with Gasteiger partial charge in [0.05, 0.1) is 0 Å². The SMILES string of the molecule is CCNc1ncc(Br)cc1S(=O)(=O)N1CCC(CO)CC1. The zero-order valence-electron chi connectivity index (χ0n) is 11.9. The van der Waals surface area contributed by atoms with Crippen LogP contribution in [0.5, 0.6) is 0 Å². The second-order valence-corrected chi connectivity index (χ2v) is 7.88. The quantitative estimate of drug-likeness (QED) is 0.815. The second kappa shape index (κ2) is 7.04. The van der Waals surface area contributed by atoms with E-state index < -0.39 is 10.0 Å². The fraction of sp³-hybridized carbons (Fsp3) is 0.615. The standard InChI is InChI=1S/C13H20BrN3O3S/c1-2-15-13-12(7-11(14)8-16-13)21(19,20)17-5-3-10(9-18)4-6-17/h7-8,10,18H,2-6,9H2,1H3,(H,15,16). The van der Waals surface area contributed by atoms with Crippen molar-refractivity contribution in [2.24, 2.45) is 5.92 Å². The van der Waals surface area contributed by atoms with Gasteiger partial charge in [0, 0.05) is 36.9 Å². The number of nitrogens with zero attached hydrogens (tertiary/aromatic N) is 2. The van der Waals surface area contributed by atoms with Gasteiger partial charge in [0.25, 0.3) is 0 Å². The molecular weight excluding hydrogens is 358 g/mol. The second-order valence-electron chi connectivity index (χ2n) is 5.06. The molecule has 8 heteroatoms. The number of piperidine rings is 1. The number of hydrogen-bond donors (Lipinski definition) is 2. The average molecular weight is 378 g/mol. The summed E-state index contributed by atoms with van der Waals surface area (Å²) in [6, 6.07) is 1.58. The van der Waals surface area contributed by atoms with Crippen molar-refractivity contribution in [1.29, 1.82) is 0 Å². The number of rotatable bonds is 5.